The van der Waals surface area contributed by atoms with Crippen molar-refractivity contribution in [3.05, 3.63) is 82.3 Å². The number of amides is 1. The number of benzene rings is 2. The maximum absolute atomic E-state index is 12.5. The Hall–Kier alpha value is -2.88. The van der Waals surface area contributed by atoms with Crippen molar-refractivity contribution in [3.63, 3.8) is 0 Å². The van der Waals surface area contributed by atoms with E-state index in [1.807, 2.05) is 36.4 Å². The zero-order valence-electron chi connectivity index (χ0n) is 13.9. The van der Waals surface area contributed by atoms with Crippen LogP contribution in [0.5, 0.6) is 0 Å². The first-order valence-electron chi connectivity index (χ1n) is 8.68. The van der Waals surface area contributed by atoms with Crippen LogP contribution in [0.3, 0.4) is 0 Å². The molecule has 0 unspecified atom stereocenters. The summed E-state index contributed by atoms with van der Waals surface area (Å²) in [5, 5.41) is 4.63. The molecular formula is C21H20N2O2. The highest BCUT2D eigenvalue weighted by molar-refractivity contribution is 5.82. The Morgan fingerprint density at radius 3 is 2.80 bits per heavy atom. The summed E-state index contributed by atoms with van der Waals surface area (Å²) in [6.45, 7) is 0.0440. The van der Waals surface area contributed by atoms with E-state index in [0.29, 0.717) is 5.39 Å². The minimum absolute atomic E-state index is 0.0357. The number of carbonyl (C=O) groups is 1. The van der Waals surface area contributed by atoms with Crippen LogP contribution in [0.1, 0.15) is 30.0 Å². The molecular weight excluding hydrogens is 312 g/mol. The number of carbonyl (C=O) groups excluding carboxylic acids is 1. The summed E-state index contributed by atoms with van der Waals surface area (Å²) in [6.07, 6.45) is 4.76. The summed E-state index contributed by atoms with van der Waals surface area (Å²) in [6, 6.07) is 17.6. The molecule has 1 aromatic heterocycles. The van der Waals surface area contributed by atoms with E-state index in [-0.39, 0.29) is 24.1 Å². The quantitative estimate of drug-likeness (QED) is 0.801. The van der Waals surface area contributed by atoms with E-state index in [2.05, 4.69) is 17.4 Å². The van der Waals surface area contributed by atoms with E-state index >= 15 is 0 Å². The number of rotatable bonds is 3. The van der Waals surface area contributed by atoms with Crippen LogP contribution in [0.4, 0.5) is 0 Å². The summed E-state index contributed by atoms with van der Waals surface area (Å²) in [4.78, 5) is 25.0. The van der Waals surface area contributed by atoms with Gasteiger partial charge in [-0.1, -0.05) is 42.5 Å². The first-order chi connectivity index (χ1) is 12.2. The molecule has 126 valence electrons. The molecule has 1 aliphatic rings. The minimum atomic E-state index is -0.128. The van der Waals surface area contributed by atoms with Crippen molar-refractivity contribution in [2.24, 2.45) is 0 Å². The highest BCUT2D eigenvalue weighted by atomic mass is 16.2. The summed E-state index contributed by atoms with van der Waals surface area (Å²) in [7, 11) is 0. The molecule has 1 N–H and O–H groups in total. The number of hydrogen-bond donors (Lipinski definition) is 1. The largest absolute Gasteiger partial charge is 0.348 e. The molecule has 0 saturated carbocycles. The molecule has 3 aromatic rings. The van der Waals surface area contributed by atoms with Crippen LogP contribution >= 0.6 is 0 Å². The highest BCUT2D eigenvalue weighted by Gasteiger charge is 2.21. The van der Waals surface area contributed by atoms with E-state index in [4.69, 9.17) is 0 Å². The van der Waals surface area contributed by atoms with Crippen molar-refractivity contribution in [2.75, 3.05) is 0 Å². The monoisotopic (exact) mass is 332 g/mol. The number of fused-ring (bicyclic) bond motifs is 2. The van der Waals surface area contributed by atoms with Crippen molar-refractivity contribution < 1.29 is 4.79 Å². The Morgan fingerprint density at radius 1 is 1.08 bits per heavy atom. The standard InChI is InChI=1S/C21H20N2O2/c24-20(22-19-11-5-8-15-6-1-3-9-17(15)19)14-23-13-12-16-7-2-4-10-18(16)21(23)25/h1-4,6-7,9-10,12-13,19H,5,8,11,14H2,(H,22,24)/t19-/m0/s1. The zero-order valence-corrected chi connectivity index (χ0v) is 13.9. The lowest BCUT2D eigenvalue weighted by molar-refractivity contribution is -0.122. The second-order valence-electron chi connectivity index (χ2n) is 6.55. The molecule has 0 saturated heterocycles. The van der Waals surface area contributed by atoms with Crippen molar-refractivity contribution in [2.45, 2.75) is 31.8 Å². The lowest BCUT2D eigenvalue weighted by Gasteiger charge is -2.26. The molecule has 1 aliphatic carbocycles. The van der Waals surface area contributed by atoms with Crippen LogP contribution in [0.2, 0.25) is 0 Å². The van der Waals surface area contributed by atoms with Gasteiger partial charge < -0.3 is 9.88 Å². The first-order valence-corrected chi connectivity index (χ1v) is 8.68. The number of aromatic nitrogens is 1. The molecule has 0 spiro atoms. The van der Waals surface area contributed by atoms with Gasteiger partial charge in [0, 0.05) is 11.6 Å². The van der Waals surface area contributed by atoms with Gasteiger partial charge in [-0.3, -0.25) is 9.59 Å². The zero-order chi connectivity index (χ0) is 17.2. The third kappa shape index (κ3) is 3.07. The Kier molecular flexibility index (Phi) is 4.10. The third-order valence-corrected chi connectivity index (χ3v) is 4.90. The molecule has 25 heavy (non-hydrogen) atoms. The summed E-state index contributed by atoms with van der Waals surface area (Å²) < 4.78 is 1.48. The van der Waals surface area contributed by atoms with Gasteiger partial charge in [-0.15, -0.1) is 0 Å². The van der Waals surface area contributed by atoms with Crippen molar-refractivity contribution in [1.82, 2.24) is 9.88 Å². The second kappa shape index (κ2) is 6.55. The maximum atomic E-state index is 12.5. The predicted molar refractivity (Wildman–Crippen MR) is 98.5 cm³/mol. The molecule has 0 bridgehead atoms. The van der Waals surface area contributed by atoms with Gasteiger partial charge in [-0.2, -0.15) is 0 Å². The number of pyridine rings is 1. The Balaban J connectivity index is 1.54. The van der Waals surface area contributed by atoms with Crippen LogP contribution < -0.4 is 10.9 Å². The van der Waals surface area contributed by atoms with Gasteiger partial charge in [0.25, 0.3) is 5.56 Å². The molecule has 0 radical (unpaired) electrons. The predicted octanol–water partition coefficient (Wildman–Crippen LogP) is 3.20. The van der Waals surface area contributed by atoms with E-state index in [0.717, 1.165) is 24.6 Å². The van der Waals surface area contributed by atoms with Gasteiger partial charge in [0.15, 0.2) is 0 Å². The summed E-state index contributed by atoms with van der Waals surface area (Å²) in [5.74, 6) is -0.126. The summed E-state index contributed by atoms with van der Waals surface area (Å²) in [5.41, 5.74) is 2.38. The van der Waals surface area contributed by atoms with Gasteiger partial charge in [0.1, 0.15) is 6.54 Å². The normalized spacial score (nSPS) is 16.4. The van der Waals surface area contributed by atoms with Gasteiger partial charge in [0.05, 0.1) is 6.04 Å². The van der Waals surface area contributed by atoms with Gasteiger partial charge in [0.2, 0.25) is 5.91 Å². The smallest absolute Gasteiger partial charge is 0.258 e. The molecule has 0 fully saturated rings. The molecule has 1 atom stereocenters. The average Bonchev–Trinajstić information content (AvgIpc) is 2.65. The Labute approximate surface area is 146 Å². The third-order valence-electron chi connectivity index (χ3n) is 4.90. The maximum Gasteiger partial charge on any atom is 0.258 e. The molecule has 0 aliphatic heterocycles. The van der Waals surface area contributed by atoms with Crippen LogP contribution in [0.15, 0.2) is 65.6 Å². The van der Waals surface area contributed by atoms with E-state index in [1.165, 1.54) is 15.7 Å². The van der Waals surface area contributed by atoms with E-state index in [1.54, 1.807) is 12.3 Å². The fourth-order valence-corrected chi connectivity index (χ4v) is 3.65. The molecule has 1 heterocycles. The molecule has 4 heteroatoms. The lowest BCUT2D eigenvalue weighted by Crippen LogP contribution is -2.35. The minimum Gasteiger partial charge on any atom is -0.348 e. The first kappa shape index (κ1) is 15.6. The lowest BCUT2D eigenvalue weighted by atomic mass is 9.88. The topological polar surface area (TPSA) is 51.1 Å². The van der Waals surface area contributed by atoms with Crippen molar-refractivity contribution in [1.29, 1.82) is 0 Å². The van der Waals surface area contributed by atoms with E-state index < -0.39 is 0 Å². The van der Waals surface area contributed by atoms with Crippen LogP contribution in [0.25, 0.3) is 10.8 Å². The molecule has 4 nitrogen and oxygen atoms in total. The fourth-order valence-electron chi connectivity index (χ4n) is 3.65. The van der Waals surface area contributed by atoms with Gasteiger partial charge >= 0.3 is 0 Å². The highest BCUT2D eigenvalue weighted by Crippen LogP contribution is 2.29. The fraction of sp³-hybridized carbons (Fsp3) is 0.238. The summed E-state index contributed by atoms with van der Waals surface area (Å²) >= 11 is 0. The van der Waals surface area contributed by atoms with Crippen molar-refractivity contribution in [3.8, 4) is 0 Å². The Morgan fingerprint density at radius 2 is 1.88 bits per heavy atom. The molecule has 4 rings (SSSR count). The van der Waals surface area contributed by atoms with Crippen molar-refractivity contribution >= 4 is 16.7 Å². The van der Waals surface area contributed by atoms with E-state index in [9.17, 15) is 9.59 Å². The number of nitrogens with one attached hydrogen (secondary N) is 1. The number of hydrogen-bond acceptors (Lipinski definition) is 2. The molecule has 2 aromatic carbocycles. The Bertz CT molecular complexity index is 990. The molecule has 1 amide bonds. The van der Waals surface area contributed by atoms with Crippen LogP contribution in [0, 0.1) is 0 Å². The van der Waals surface area contributed by atoms with Crippen LogP contribution in [-0.2, 0) is 17.8 Å². The average molecular weight is 332 g/mol. The van der Waals surface area contributed by atoms with Gasteiger partial charge in [-0.25, -0.2) is 0 Å². The van der Waals surface area contributed by atoms with Crippen LogP contribution in [-0.4, -0.2) is 10.5 Å². The SMILES string of the molecule is O=C(Cn1ccc2ccccc2c1=O)N[C@H]1CCCc2ccccc21. The second-order valence-corrected chi connectivity index (χ2v) is 6.55. The number of nitrogens with zero attached hydrogens (tertiary/aromatic N) is 1. The number of aryl methyl sites for hydroxylation is 1. The van der Waals surface area contributed by atoms with Gasteiger partial charge in [-0.05, 0) is 47.9 Å².